The zero-order chi connectivity index (χ0) is 20.4. The van der Waals surface area contributed by atoms with Crippen LogP contribution >= 0.6 is 0 Å². The Labute approximate surface area is 167 Å². The van der Waals surface area contributed by atoms with Crippen molar-refractivity contribution in [3.8, 4) is 11.5 Å². The normalized spacial score (nSPS) is 13.9. The molecular weight excluding hydrogens is 371 g/mol. The molecule has 0 fully saturated rings. The van der Waals surface area contributed by atoms with Gasteiger partial charge in [-0.1, -0.05) is 48.5 Å². The number of ketones is 1. The molecule has 4 nitrogen and oxygen atoms in total. The van der Waals surface area contributed by atoms with E-state index in [4.69, 9.17) is 9.47 Å². The minimum Gasteiger partial charge on any atom is -0.452 e. The van der Waals surface area contributed by atoms with Gasteiger partial charge in [0.25, 0.3) is 0 Å². The fraction of sp³-hybridized carbons (Fsp3) is 0.0833. The summed E-state index contributed by atoms with van der Waals surface area (Å²) in [7, 11) is 0. The Hall–Kier alpha value is -3.73. The van der Waals surface area contributed by atoms with Crippen LogP contribution in [0.25, 0.3) is 6.08 Å². The molecular formula is C24H17FO4. The second-order valence-corrected chi connectivity index (χ2v) is 6.71. The Kier molecular flexibility index (Phi) is 4.96. The van der Waals surface area contributed by atoms with Crippen LogP contribution in [0.3, 0.4) is 0 Å². The number of benzene rings is 3. The van der Waals surface area contributed by atoms with Crippen molar-refractivity contribution in [2.24, 2.45) is 0 Å². The lowest BCUT2D eigenvalue weighted by atomic mass is 10.0. The van der Waals surface area contributed by atoms with Gasteiger partial charge >= 0.3 is 5.97 Å². The van der Waals surface area contributed by atoms with E-state index in [0.717, 1.165) is 5.56 Å². The molecule has 1 aliphatic rings. The monoisotopic (exact) mass is 388 g/mol. The molecule has 0 radical (unpaired) electrons. The first-order valence-corrected chi connectivity index (χ1v) is 9.09. The number of allylic oxidation sites excluding steroid dienone is 1. The van der Waals surface area contributed by atoms with Gasteiger partial charge in [0.05, 0.1) is 12.0 Å². The van der Waals surface area contributed by atoms with Gasteiger partial charge in [-0.2, -0.15) is 0 Å². The summed E-state index contributed by atoms with van der Waals surface area (Å²) < 4.78 is 25.0. The van der Waals surface area contributed by atoms with Crippen molar-refractivity contribution in [1.82, 2.24) is 0 Å². The molecule has 3 aromatic carbocycles. The molecule has 1 heterocycles. The highest BCUT2D eigenvalue weighted by Crippen LogP contribution is 2.37. The number of halogens is 1. The highest BCUT2D eigenvalue weighted by atomic mass is 19.1. The highest BCUT2D eigenvalue weighted by molar-refractivity contribution is 6.15. The number of fused-ring (bicyclic) bond motifs is 1. The first-order chi connectivity index (χ1) is 14.0. The van der Waals surface area contributed by atoms with Crippen LogP contribution in [0.2, 0.25) is 0 Å². The second-order valence-electron chi connectivity index (χ2n) is 6.71. The topological polar surface area (TPSA) is 52.6 Å². The van der Waals surface area contributed by atoms with Crippen molar-refractivity contribution in [3.63, 3.8) is 0 Å². The Morgan fingerprint density at radius 3 is 2.55 bits per heavy atom. The van der Waals surface area contributed by atoms with Gasteiger partial charge in [-0.25, -0.2) is 4.39 Å². The summed E-state index contributed by atoms with van der Waals surface area (Å²) in [6, 6.07) is 18.5. The van der Waals surface area contributed by atoms with Gasteiger partial charge in [-0.05, 0) is 36.3 Å². The maximum absolute atomic E-state index is 13.9. The number of hydrogen-bond donors (Lipinski definition) is 0. The van der Waals surface area contributed by atoms with Crippen molar-refractivity contribution in [1.29, 1.82) is 0 Å². The molecule has 5 heteroatoms. The SMILES string of the molecule is Cc1cc(OC(=O)Cc2ccccc2)cc2c1C(=O)/C(=C/c1ccccc1F)O2. The number of ether oxygens (including phenoxy) is 2. The van der Waals surface area contributed by atoms with Crippen LogP contribution in [0.1, 0.15) is 27.0 Å². The highest BCUT2D eigenvalue weighted by Gasteiger charge is 2.30. The molecule has 0 aliphatic carbocycles. The Balaban J connectivity index is 1.56. The van der Waals surface area contributed by atoms with E-state index < -0.39 is 11.8 Å². The Morgan fingerprint density at radius 2 is 1.79 bits per heavy atom. The first kappa shape index (κ1) is 18.6. The van der Waals surface area contributed by atoms with E-state index in [0.29, 0.717) is 22.6 Å². The minimum absolute atomic E-state index is 0.0287. The van der Waals surface area contributed by atoms with Gasteiger partial charge in [0, 0.05) is 11.6 Å². The van der Waals surface area contributed by atoms with Crippen LogP contribution in [-0.4, -0.2) is 11.8 Å². The number of rotatable bonds is 4. The Morgan fingerprint density at radius 1 is 1.07 bits per heavy atom. The first-order valence-electron chi connectivity index (χ1n) is 9.09. The molecule has 0 saturated heterocycles. The molecule has 0 unspecified atom stereocenters. The molecule has 0 spiro atoms. The maximum Gasteiger partial charge on any atom is 0.315 e. The van der Waals surface area contributed by atoms with Gasteiger partial charge in [0.1, 0.15) is 17.3 Å². The average molecular weight is 388 g/mol. The van der Waals surface area contributed by atoms with Gasteiger partial charge in [0.15, 0.2) is 5.76 Å². The molecule has 1 aliphatic heterocycles. The van der Waals surface area contributed by atoms with Gasteiger partial charge in [0.2, 0.25) is 5.78 Å². The number of carbonyl (C=O) groups excluding carboxylic acids is 2. The van der Waals surface area contributed by atoms with Crippen molar-refractivity contribution >= 4 is 17.8 Å². The molecule has 0 atom stereocenters. The summed E-state index contributed by atoms with van der Waals surface area (Å²) in [6.07, 6.45) is 1.51. The third-order valence-electron chi connectivity index (χ3n) is 4.56. The van der Waals surface area contributed by atoms with Crippen LogP contribution in [0.4, 0.5) is 4.39 Å². The molecule has 0 N–H and O–H groups in total. The van der Waals surface area contributed by atoms with Crippen molar-refractivity contribution in [2.75, 3.05) is 0 Å². The van der Waals surface area contributed by atoms with Crippen LogP contribution in [0.15, 0.2) is 72.5 Å². The summed E-state index contributed by atoms with van der Waals surface area (Å²) in [6.45, 7) is 1.74. The molecule has 0 aromatic heterocycles. The lowest BCUT2D eigenvalue weighted by Gasteiger charge is -2.08. The summed E-state index contributed by atoms with van der Waals surface area (Å²) in [5, 5.41) is 0. The number of carbonyl (C=O) groups is 2. The van der Waals surface area contributed by atoms with Gasteiger partial charge < -0.3 is 9.47 Å². The number of aryl methyl sites for hydroxylation is 1. The van der Waals surface area contributed by atoms with Crippen LogP contribution in [0, 0.1) is 12.7 Å². The minimum atomic E-state index is -0.445. The van der Waals surface area contributed by atoms with E-state index in [-0.39, 0.29) is 23.5 Å². The van der Waals surface area contributed by atoms with Crippen molar-refractivity contribution in [2.45, 2.75) is 13.3 Å². The zero-order valence-electron chi connectivity index (χ0n) is 15.6. The smallest absolute Gasteiger partial charge is 0.315 e. The van der Waals surface area contributed by atoms with Gasteiger partial charge in [-0.3, -0.25) is 9.59 Å². The van der Waals surface area contributed by atoms with E-state index in [9.17, 15) is 14.0 Å². The fourth-order valence-corrected chi connectivity index (χ4v) is 3.20. The second kappa shape index (κ2) is 7.72. The number of Topliss-reactive ketones (excluding diaryl/α,β-unsaturated/α-hetero) is 1. The average Bonchev–Trinajstić information content (AvgIpc) is 3.00. The van der Waals surface area contributed by atoms with Crippen molar-refractivity contribution < 1.29 is 23.5 Å². The summed E-state index contributed by atoms with van der Waals surface area (Å²) >= 11 is 0. The molecule has 3 aromatic rings. The van der Waals surface area contributed by atoms with E-state index in [1.165, 1.54) is 18.2 Å². The van der Waals surface area contributed by atoms with Crippen LogP contribution in [0.5, 0.6) is 11.5 Å². The predicted molar refractivity (Wildman–Crippen MR) is 106 cm³/mol. The molecule has 4 rings (SSSR count). The molecule has 0 amide bonds. The summed E-state index contributed by atoms with van der Waals surface area (Å²) in [5.74, 6) is -0.576. The molecule has 29 heavy (non-hydrogen) atoms. The largest absolute Gasteiger partial charge is 0.452 e. The molecule has 144 valence electrons. The third-order valence-corrected chi connectivity index (χ3v) is 4.56. The van der Waals surface area contributed by atoms with Crippen LogP contribution < -0.4 is 9.47 Å². The van der Waals surface area contributed by atoms with E-state index in [2.05, 4.69) is 0 Å². The van der Waals surface area contributed by atoms with Crippen molar-refractivity contribution in [3.05, 3.63) is 101 Å². The maximum atomic E-state index is 13.9. The quantitative estimate of drug-likeness (QED) is 0.362. The lowest BCUT2D eigenvalue weighted by molar-refractivity contribution is -0.133. The fourth-order valence-electron chi connectivity index (χ4n) is 3.20. The van der Waals surface area contributed by atoms with E-state index >= 15 is 0 Å². The summed E-state index contributed by atoms with van der Waals surface area (Å²) in [5.41, 5.74) is 2.11. The van der Waals surface area contributed by atoms with Gasteiger partial charge in [-0.15, -0.1) is 0 Å². The lowest BCUT2D eigenvalue weighted by Crippen LogP contribution is -2.11. The van der Waals surface area contributed by atoms with Crippen LogP contribution in [-0.2, 0) is 11.2 Å². The summed E-state index contributed by atoms with van der Waals surface area (Å²) in [4.78, 5) is 24.9. The van der Waals surface area contributed by atoms with E-state index in [1.807, 2.05) is 30.3 Å². The Bertz CT molecular complexity index is 1130. The van der Waals surface area contributed by atoms with E-state index in [1.54, 1.807) is 31.2 Å². The number of esters is 1. The standard InChI is InChI=1S/C24H17FO4/c1-15-11-18(28-22(26)12-16-7-3-2-4-8-16)14-20-23(15)24(27)21(29-20)13-17-9-5-6-10-19(17)25/h2-11,13-14H,12H2,1H3/b21-13-. The number of hydrogen-bond acceptors (Lipinski definition) is 4. The molecule has 0 bridgehead atoms. The predicted octanol–water partition coefficient (Wildman–Crippen LogP) is 4.90. The third kappa shape index (κ3) is 3.94. The zero-order valence-corrected chi connectivity index (χ0v) is 15.6. The molecule has 0 saturated carbocycles.